The Kier molecular flexibility index (Phi) is 2.68. The van der Waals surface area contributed by atoms with Crippen LogP contribution in [0.15, 0.2) is 9.32 Å². The number of nitrogens with zero attached hydrogens (tertiary/aromatic N) is 6. The zero-order valence-electron chi connectivity index (χ0n) is 11.1. The van der Waals surface area contributed by atoms with Gasteiger partial charge in [0.1, 0.15) is 6.54 Å². The van der Waals surface area contributed by atoms with Crippen molar-refractivity contribution < 1.29 is 4.52 Å². The topological polar surface area (TPSA) is 91.6 Å². The van der Waals surface area contributed by atoms with Crippen molar-refractivity contribution in [3.05, 3.63) is 22.2 Å². The van der Waals surface area contributed by atoms with Crippen LogP contribution in [0, 0.1) is 0 Å². The van der Waals surface area contributed by atoms with Gasteiger partial charge in [-0.2, -0.15) is 14.3 Å². The second kappa shape index (κ2) is 4.53. The van der Waals surface area contributed by atoms with Gasteiger partial charge in [0.2, 0.25) is 5.89 Å². The van der Waals surface area contributed by atoms with Gasteiger partial charge in [0.25, 0.3) is 0 Å². The molecule has 0 spiro atoms. The number of rotatable bonds is 4. The van der Waals surface area contributed by atoms with E-state index in [4.69, 9.17) is 4.52 Å². The van der Waals surface area contributed by atoms with Gasteiger partial charge in [0.05, 0.1) is 6.04 Å². The summed E-state index contributed by atoms with van der Waals surface area (Å²) in [6, 6.07) is 0.198. The van der Waals surface area contributed by atoms with Crippen molar-refractivity contribution >= 4 is 0 Å². The lowest BCUT2D eigenvalue weighted by atomic mass is 10.3. The van der Waals surface area contributed by atoms with Crippen LogP contribution < -0.4 is 5.69 Å². The van der Waals surface area contributed by atoms with Gasteiger partial charge in [-0.15, -0.1) is 0 Å². The Labute approximate surface area is 114 Å². The Balaban J connectivity index is 1.54. The average molecular weight is 276 g/mol. The summed E-state index contributed by atoms with van der Waals surface area (Å²) in [5.74, 6) is 1.59. The molecular weight excluding hydrogens is 260 g/mol. The molecule has 2 aromatic heterocycles. The molecule has 0 radical (unpaired) electrons. The van der Waals surface area contributed by atoms with Crippen LogP contribution in [0.2, 0.25) is 0 Å². The lowest BCUT2D eigenvalue weighted by Crippen LogP contribution is -2.28. The molecule has 0 amide bonds. The predicted molar refractivity (Wildman–Crippen MR) is 67.2 cm³/mol. The van der Waals surface area contributed by atoms with E-state index in [0.717, 1.165) is 38.5 Å². The fourth-order valence-corrected chi connectivity index (χ4v) is 2.73. The summed E-state index contributed by atoms with van der Waals surface area (Å²) in [6.45, 7) is 0.224. The second-order valence-electron chi connectivity index (χ2n) is 5.63. The minimum Gasteiger partial charge on any atom is -0.339 e. The van der Waals surface area contributed by atoms with Gasteiger partial charge in [-0.25, -0.2) is 4.79 Å². The Hall–Kier alpha value is -1.99. The Morgan fingerprint density at radius 3 is 2.70 bits per heavy atom. The summed E-state index contributed by atoms with van der Waals surface area (Å²) >= 11 is 0. The lowest BCUT2D eigenvalue weighted by Gasteiger charge is -2.04. The first-order valence-corrected chi connectivity index (χ1v) is 7.16. The summed E-state index contributed by atoms with van der Waals surface area (Å²) in [4.78, 5) is 16.5. The first-order valence-electron chi connectivity index (χ1n) is 7.16. The van der Waals surface area contributed by atoms with E-state index in [9.17, 15) is 4.79 Å². The van der Waals surface area contributed by atoms with Gasteiger partial charge in [-0.1, -0.05) is 18.0 Å². The van der Waals surface area contributed by atoms with Crippen molar-refractivity contribution in [3.63, 3.8) is 0 Å². The Morgan fingerprint density at radius 1 is 1.15 bits per heavy atom. The summed E-state index contributed by atoms with van der Waals surface area (Å²) < 4.78 is 7.98. The summed E-state index contributed by atoms with van der Waals surface area (Å²) in [6.07, 6.45) is 6.54. The largest absolute Gasteiger partial charge is 0.364 e. The molecule has 0 bridgehead atoms. The van der Waals surface area contributed by atoms with E-state index in [-0.39, 0.29) is 18.3 Å². The molecule has 20 heavy (non-hydrogen) atoms. The fourth-order valence-electron chi connectivity index (χ4n) is 2.73. The summed E-state index contributed by atoms with van der Waals surface area (Å²) in [7, 11) is 0. The van der Waals surface area contributed by atoms with E-state index in [1.165, 1.54) is 9.36 Å². The molecule has 0 unspecified atom stereocenters. The van der Waals surface area contributed by atoms with Crippen LogP contribution >= 0.6 is 0 Å². The minimum atomic E-state index is -0.185. The molecule has 0 aliphatic heterocycles. The lowest BCUT2D eigenvalue weighted by molar-refractivity contribution is 0.371. The third-order valence-corrected chi connectivity index (χ3v) is 4.03. The van der Waals surface area contributed by atoms with Gasteiger partial charge in [-0.05, 0) is 36.1 Å². The number of hydrogen-bond acceptors (Lipinski definition) is 6. The van der Waals surface area contributed by atoms with Crippen LogP contribution in [-0.4, -0.2) is 29.9 Å². The molecule has 4 rings (SSSR count). The fraction of sp³-hybridized carbons (Fsp3) is 0.750. The van der Waals surface area contributed by atoms with Crippen LogP contribution in [0.25, 0.3) is 0 Å². The highest BCUT2D eigenvalue weighted by molar-refractivity contribution is 5.01. The molecule has 2 fully saturated rings. The zero-order valence-corrected chi connectivity index (χ0v) is 11.1. The van der Waals surface area contributed by atoms with Crippen molar-refractivity contribution in [2.75, 3.05) is 0 Å². The molecule has 2 aromatic rings. The maximum Gasteiger partial charge on any atom is 0.364 e. The molecular formula is C12H16N6O2. The standard InChI is InChI=1S/C12H16N6O2/c19-12-17(15-16-18(12)9-3-1-2-4-9)7-10-13-11(20-14-10)8-5-6-8/h8-9H,1-7H2. The summed E-state index contributed by atoms with van der Waals surface area (Å²) in [5, 5.41) is 11.8. The highest BCUT2D eigenvalue weighted by atomic mass is 16.5. The van der Waals surface area contributed by atoms with Crippen LogP contribution in [0.4, 0.5) is 0 Å². The van der Waals surface area contributed by atoms with E-state index >= 15 is 0 Å². The second-order valence-corrected chi connectivity index (χ2v) is 5.63. The van der Waals surface area contributed by atoms with Gasteiger partial charge in [-0.3, -0.25) is 0 Å². The zero-order chi connectivity index (χ0) is 13.5. The van der Waals surface area contributed by atoms with Crippen LogP contribution in [0.5, 0.6) is 0 Å². The molecule has 0 atom stereocenters. The van der Waals surface area contributed by atoms with Crippen molar-refractivity contribution in [3.8, 4) is 0 Å². The molecule has 0 saturated heterocycles. The third-order valence-electron chi connectivity index (χ3n) is 4.03. The van der Waals surface area contributed by atoms with E-state index in [1.807, 2.05) is 0 Å². The Bertz CT molecular complexity index is 662. The van der Waals surface area contributed by atoms with Crippen molar-refractivity contribution in [1.82, 2.24) is 29.9 Å². The SMILES string of the molecule is O=c1n(Cc2noc(C3CC3)n2)nnn1C1CCCC1. The molecule has 2 aliphatic rings. The monoisotopic (exact) mass is 276 g/mol. The third kappa shape index (κ3) is 2.04. The van der Waals surface area contributed by atoms with E-state index in [2.05, 4.69) is 20.6 Å². The molecule has 0 aromatic carbocycles. The van der Waals surface area contributed by atoms with Crippen molar-refractivity contribution in [1.29, 1.82) is 0 Å². The number of tetrazole rings is 1. The molecule has 2 saturated carbocycles. The minimum absolute atomic E-state index is 0.185. The molecule has 8 nitrogen and oxygen atoms in total. The smallest absolute Gasteiger partial charge is 0.339 e. The van der Waals surface area contributed by atoms with Gasteiger partial charge in [0.15, 0.2) is 5.82 Å². The van der Waals surface area contributed by atoms with Crippen molar-refractivity contribution in [2.24, 2.45) is 0 Å². The first-order chi connectivity index (χ1) is 9.81. The Morgan fingerprint density at radius 2 is 1.95 bits per heavy atom. The molecule has 106 valence electrons. The molecule has 8 heteroatoms. The van der Waals surface area contributed by atoms with Gasteiger partial charge >= 0.3 is 5.69 Å². The first kappa shape index (κ1) is 11.8. The highest BCUT2D eigenvalue weighted by Gasteiger charge is 2.30. The van der Waals surface area contributed by atoms with Crippen molar-refractivity contribution in [2.45, 2.75) is 57.0 Å². The molecule has 2 heterocycles. The average Bonchev–Trinajstić information content (AvgIpc) is 2.88. The molecule has 0 N–H and O–H groups in total. The van der Waals surface area contributed by atoms with Crippen LogP contribution in [-0.2, 0) is 6.54 Å². The van der Waals surface area contributed by atoms with Crippen LogP contribution in [0.3, 0.4) is 0 Å². The normalized spacial score (nSPS) is 19.8. The van der Waals surface area contributed by atoms with Gasteiger partial charge < -0.3 is 4.52 Å². The van der Waals surface area contributed by atoms with Crippen LogP contribution in [0.1, 0.15) is 62.2 Å². The predicted octanol–water partition coefficient (Wildman–Crippen LogP) is 0.864. The highest BCUT2D eigenvalue weighted by Crippen LogP contribution is 2.38. The quantitative estimate of drug-likeness (QED) is 0.822. The maximum absolute atomic E-state index is 12.2. The van der Waals surface area contributed by atoms with E-state index in [0.29, 0.717) is 17.6 Å². The van der Waals surface area contributed by atoms with E-state index in [1.54, 1.807) is 0 Å². The maximum atomic E-state index is 12.2. The number of aromatic nitrogens is 6. The van der Waals surface area contributed by atoms with E-state index < -0.39 is 0 Å². The van der Waals surface area contributed by atoms with Gasteiger partial charge in [0, 0.05) is 5.92 Å². The summed E-state index contributed by atoms with van der Waals surface area (Å²) in [5.41, 5.74) is -0.185. The number of hydrogen-bond donors (Lipinski definition) is 0. The molecule has 2 aliphatic carbocycles.